The zero-order valence-corrected chi connectivity index (χ0v) is 20.0. The molecule has 172 valence electrons. The fourth-order valence-corrected chi connectivity index (χ4v) is 2.77. The summed E-state index contributed by atoms with van der Waals surface area (Å²) in [6, 6.07) is 5.27. The van der Waals surface area contributed by atoms with E-state index < -0.39 is 0 Å². The van der Waals surface area contributed by atoms with Gasteiger partial charge in [0.05, 0.1) is 6.61 Å². The van der Waals surface area contributed by atoms with Gasteiger partial charge in [-0.15, -0.1) is 0 Å². The Labute approximate surface area is 180 Å². The van der Waals surface area contributed by atoms with E-state index in [1.54, 1.807) is 12.1 Å². The van der Waals surface area contributed by atoms with Gasteiger partial charge >= 0.3 is 0 Å². The number of hydrogen-bond acceptors (Lipinski definition) is 3. The molecular formula is C25H48FNO2. The topological polar surface area (TPSA) is 41.5 Å². The van der Waals surface area contributed by atoms with Crippen molar-refractivity contribution in [1.82, 2.24) is 5.32 Å². The van der Waals surface area contributed by atoms with Crippen molar-refractivity contribution in [2.45, 2.75) is 92.0 Å². The third-order valence-corrected chi connectivity index (χ3v) is 5.72. The number of rotatable bonds is 11. The average Bonchev–Trinajstić information content (AvgIpc) is 3.56. The normalized spacial score (nSPS) is 14.2. The van der Waals surface area contributed by atoms with Gasteiger partial charge in [-0.05, 0) is 62.3 Å². The van der Waals surface area contributed by atoms with Crippen LogP contribution in [0.1, 0.15) is 99.0 Å². The zero-order chi connectivity index (χ0) is 22.3. The summed E-state index contributed by atoms with van der Waals surface area (Å²) in [5, 5.41) is 10.1. The predicted octanol–water partition coefficient (Wildman–Crippen LogP) is 7.14. The molecule has 0 heterocycles. The Morgan fingerprint density at radius 3 is 2.38 bits per heavy atom. The third-order valence-electron chi connectivity index (χ3n) is 5.72. The van der Waals surface area contributed by atoms with Gasteiger partial charge in [0, 0.05) is 14.6 Å². The minimum Gasteiger partial charge on any atom is -0.490 e. The maximum Gasteiger partial charge on any atom is 0.165 e. The molecule has 3 nitrogen and oxygen atoms in total. The SMILES string of the molecule is CCCCCCC(C)(C)CC.CN[C@H](C)c1ccc(F)c(OCC2CC2)c1.CO.[HH]. The molecule has 29 heavy (non-hydrogen) atoms. The van der Waals surface area contributed by atoms with Gasteiger partial charge in [-0.25, -0.2) is 4.39 Å². The van der Waals surface area contributed by atoms with Crippen molar-refractivity contribution >= 4 is 0 Å². The second-order valence-corrected chi connectivity index (χ2v) is 8.78. The summed E-state index contributed by atoms with van der Waals surface area (Å²) in [6.07, 6.45) is 10.8. The van der Waals surface area contributed by atoms with Crippen LogP contribution in [0.2, 0.25) is 0 Å². The highest BCUT2D eigenvalue weighted by atomic mass is 19.1. The second kappa shape index (κ2) is 15.7. The molecule has 1 fully saturated rings. The molecule has 1 aromatic carbocycles. The molecule has 1 atom stereocenters. The van der Waals surface area contributed by atoms with Crippen molar-refractivity contribution in [3.05, 3.63) is 29.6 Å². The van der Waals surface area contributed by atoms with Gasteiger partial charge < -0.3 is 15.2 Å². The molecule has 1 aliphatic carbocycles. The Morgan fingerprint density at radius 1 is 1.21 bits per heavy atom. The van der Waals surface area contributed by atoms with Crippen molar-refractivity contribution in [2.24, 2.45) is 11.3 Å². The van der Waals surface area contributed by atoms with Crippen molar-refractivity contribution in [3.8, 4) is 5.75 Å². The maximum atomic E-state index is 13.5. The highest BCUT2D eigenvalue weighted by Gasteiger charge is 2.22. The molecular weight excluding hydrogens is 365 g/mol. The van der Waals surface area contributed by atoms with E-state index in [0.717, 1.165) is 12.7 Å². The van der Waals surface area contributed by atoms with Gasteiger partial charge in [-0.3, -0.25) is 0 Å². The molecule has 0 unspecified atom stereocenters. The van der Waals surface area contributed by atoms with Crippen LogP contribution in [-0.4, -0.2) is 25.9 Å². The van der Waals surface area contributed by atoms with E-state index in [2.05, 4.69) is 33.0 Å². The minimum absolute atomic E-state index is 0. The number of aliphatic hydroxyl groups excluding tert-OH is 1. The van der Waals surface area contributed by atoms with E-state index in [1.165, 1.54) is 57.4 Å². The summed E-state index contributed by atoms with van der Waals surface area (Å²) in [5.41, 5.74) is 1.64. The first-order valence-electron chi connectivity index (χ1n) is 11.4. The third kappa shape index (κ3) is 12.9. The van der Waals surface area contributed by atoms with Crippen molar-refractivity contribution < 1.29 is 15.7 Å². The fraction of sp³-hybridized carbons (Fsp3) is 0.760. The lowest BCUT2D eigenvalue weighted by Gasteiger charge is -2.21. The molecule has 2 N–H and O–H groups in total. The van der Waals surface area contributed by atoms with Crippen molar-refractivity contribution in [3.63, 3.8) is 0 Å². The number of nitrogens with one attached hydrogen (secondary N) is 1. The lowest BCUT2D eigenvalue weighted by molar-refractivity contribution is 0.285. The number of halogens is 1. The average molecular weight is 414 g/mol. The van der Waals surface area contributed by atoms with Gasteiger partial charge in [-0.1, -0.05) is 65.9 Å². The van der Waals surface area contributed by atoms with Gasteiger partial charge in [0.15, 0.2) is 11.6 Å². The molecule has 0 saturated heterocycles. The van der Waals surface area contributed by atoms with Gasteiger partial charge in [0.2, 0.25) is 0 Å². The molecule has 1 saturated carbocycles. The lowest BCUT2D eigenvalue weighted by Crippen LogP contribution is -2.12. The first-order chi connectivity index (χ1) is 13.8. The standard InChI is InChI=1S/C13H18FNO.C11H24.CH4O.H2/c1-9(15-2)11-5-6-12(14)13(7-11)16-8-10-3-4-10;1-5-7-8-9-10-11(3,4)6-2;1-2;/h5-7,9-10,15H,3-4,8H2,1-2H3;5-10H2,1-4H3;2H,1H3;1H/t9-;;;/m1.../s1. The number of hydrogen-bond donors (Lipinski definition) is 2. The largest absolute Gasteiger partial charge is 0.490 e. The van der Waals surface area contributed by atoms with Gasteiger partial charge in [0.1, 0.15) is 0 Å². The molecule has 0 bridgehead atoms. The van der Waals surface area contributed by atoms with E-state index in [1.807, 2.05) is 14.0 Å². The van der Waals surface area contributed by atoms with E-state index in [0.29, 0.717) is 23.7 Å². The van der Waals surface area contributed by atoms with Crippen LogP contribution in [0.25, 0.3) is 0 Å². The molecule has 0 amide bonds. The summed E-state index contributed by atoms with van der Waals surface area (Å²) < 4.78 is 19.0. The van der Waals surface area contributed by atoms with E-state index in [4.69, 9.17) is 9.84 Å². The minimum atomic E-state index is -0.271. The first-order valence-corrected chi connectivity index (χ1v) is 11.4. The Morgan fingerprint density at radius 2 is 1.86 bits per heavy atom. The summed E-state index contributed by atoms with van der Waals surface area (Å²) in [5.74, 6) is 0.754. The van der Waals surface area contributed by atoms with Crippen LogP contribution in [0, 0.1) is 17.2 Å². The summed E-state index contributed by atoms with van der Waals surface area (Å²) in [4.78, 5) is 0. The Bertz CT molecular complexity index is 536. The smallest absolute Gasteiger partial charge is 0.165 e. The van der Waals surface area contributed by atoms with Crippen molar-refractivity contribution in [1.29, 1.82) is 0 Å². The van der Waals surface area contributed by atoms with Crippen LogP contribution in [0.4, 0.5) is 4.39 Å². The Kier molecular flexibility index (Phi) is 15.1. The van der Waals surface area contributed by atoms with E-state index in [9.17, 15) is 4.39 Å². The number of ether oxygens (including phenoxy) is 1. The van der Waals surface area contributed by atoms with E-state index >= 15 is 0 Å². The summed E-state index contributed by atoms with van der Waals surface area (Å²) in [7, 11) is 2.89. The molecule has 0 aromatic heterocycles. The van der Waals surface area contributed by atoms with Crippen LogP contribution < -0.4 is 10.1 Å². The monoisotopic (exact) mass is 413 g/mol. The second-order valence-electron chi connectivity index (χ2n) is 8.78. The molecule has 2 rings (SSSR count). The van der Waals surface area contributed by atoms with Crippen LogP contribution in [0.15, 0.2) is 18.2 Å². The lowest BCUT2D eigenvalue weighted by atomic mass is 9.84. The van der Waals surface area contributed by atoms with E-state index in [-0.39, 0.29) is 13.3 Å². The number of unbranched alkanes of at least 4 members (excludes halogenated alkanes) is 3. The molecule has 0 spiro atoms. The predicted molar refractivity (Wildman–Crippen MR) is 125 cm³/mol. The van der Waals surface area contributed by atoms with Gasteiger partial charge in [-0.2, -0.15) is 0 Å². The fourth-order valence-electron chi connectivity index (χ4n) is 2.77. The summed E-state index contributed by atoms with van der Waals surface area (Å²) >= 11 is 0. The highest BCUT2D eigenvalue weighted by molar-refractivity contribution is 5.32. The maximum absolute atomic E-state index is 13.5. The Balaban J connectivity index is 0. The summed E-state index contributed by atoms with van der Waals surface area (Å²) in [6.45, 7) is 12.0. The number of aliphatic hydroxyl groups is 1. The van der Waals surface area contributed by atoms with Crippen LogP contribution in [0.5, 0.6) is 5.75 Å². The zero-order valence-electron chi connectivity index (χ0n) is 20.0. The van der Waals surface area contributed by atoms with Gasteiger partial charge in [0.25, 0.3) is 0 Å². The van der Waals surface area contributed by atoms with Crippen LogP contribution >= 0.6 is 0 Å². The van der Waals surface area contributed by atoms with Crippen LogP contribution in [0.3, 0.4) is 0 Å². The van der Waals surface area contributed by atoms with Crippen LogP contribution in [-0.2, 0) is 0 Å². The molecule has 0 aliphatic heterocycles. The molecule has 0 radical (unpaired) electrons. The molecule has 1 aromatic rings. The molecule has 4 heteroatoms. The highest BCUT2D eigenvalue weighted by Crippen LogP contribution is 2.31. The Hall–Kier alpha value is -1.13. The molecule has 1 aliphatic rings. The van der Waals surface area contributed by atoms with Crippen molar-refractivity contribution in [2.75, 3.05) is 20.8 Å². The quantitative estimate of drug-likeness (QED) is 0.379. The first kappa shape index (κ1) is 27.9. The number of benzene rings is 1.